The van der Waals surface area contributed by atoms with Crippen LogP contribution in [0.15, 0.2) is 24.3 Å². The average molecular weight is 206 g/mol. The highest BCUT2D eigenvalue weighted by molar-refractivity contribution is 5.89. The first kappa shape index (κ1) is 10.2. The molecule has 15 heavy (non-hydrogen) atoms. The maximum atomic E-state index is 11.6. The van der Waals surface area contributed by atoms with Gasteiger partial charge in [0.15, 0.2) is 0 Å². The summed E-state index contributed by atoms with van der Waals surface area (Å²) in [4.78, 5) is 11.6. The molecule has 2 rings (SSSR count). The Morgan fingerprint density at radius 2 is 2.13 bits per heavy atom. The fourth-order valence-electron chi connectivity index (χ4n) is 1.52. The van der Waals surface area contributed by atoms with E-state index >= 15 is 0 Å². The van der Waals surface area contributed by atoms with Crippen LogP contribution in [0.1, 0.15) is 28.8 Å². The molecule has 1 aliphatic rings. The molecule has 1 saturated heterocycles. The lowest BCUT2D eigenvalue weighted by atomic mass is 10.1. The highest BCUT2D eigenvalue weighted by Gasteiger charge is 2.20. The van der Waals surface area contributed by atoms with Crippen LogP contribution in [0.4, 0.5) is 0 Å². The topological polar surface area (TPSA) is 35.5 Å². The van der Waals surface area contributed by atoms with Gasteiger partial charge in [-0.05, 0) is 25.5 Å². The molecule has 0 bridgehead atoms. The standard InChI is InChI=1S/C12H14O3/c1-9-4-6-10(7-5-9)12(13)15-11-3-2-8-14-11/h4-7,11H,2-3,8H2,1H3. The minimum atomic E-state index is -0.348. The van der Waals surface area contributed by atoms with E-state index in [0.29, 0.717) is 12.2 Å². The molecule has 0 aromatic heterocycles. The first-order chi connectivity index (χ1) is 7.25. The van der Waals surface area contributed by atoms with E-state index in [-0.39, 0.29) is 12.3 Å². The normalized spacial score (nSPS) is 20.2. The Morgan fingerprint density at radius 1 is 1.40 bits per heavy atom. The quantitative estimate of drug-likeness (QED) is 0.696. The number of carbonyl (C=O) groups excluding carboxylic acids is 1. The van der Waals surface area contributed by atoms with Crippen LogP contribution in [-0.4, -0.2) is 18.9 Å². The third-order valence-corrected chi connectivity index (χ3v) is 2.41. The van der Waals surface area contributed by atoms with Gasteiger partial charge in [0, 0.05) is 6.42 Å². The van der Waals surface area contributed by atoms with Crippen molar-refractivity contribution in [1.82, 2.24) is 0 Å². The Labute approximate surface area is 89.0 Å². The molecule has 1 aromatic rings. The van der Waals surface area contributed by atoms with Gasteiger partial charge in [-0.3, -0.25) is 0 Å². The van der Waals surface area contributed by atoms with Gasteiger partial charge in [0.05, 0.1) is 12.2 Å². The van der Waals surface area contributed by atoms with Gasteiger partial charge in [-0.1, -0.05) is 17.7 Å². The lowest BCUT2D eigenvalue weighted by Crippen LogP contribution is -2.16. The van der Waals surface area contributed by atoms with E-state index in [2.05, 4.69) is 0 Å². The number of benzene rings is 1. The zero-order valence-electron chi connectivity index (χ0n) is 8.73. The summed E-state index contributed by atoms with van der Waals surface area (Å²) < 4.78 is 10.4. The summed E-state index contributed by atoms with van der Waals surface area (Å²) in [6, 6.07) is 7.33. The third kappa shape index (κ3) is 2.57. The van der Waals surface area contributed by atoms with Crippen molar-refractivity contribution >= 4 is 5.97 Å². The smallest absolute Gasteiger partial charge is 0.340 e. The minimum absolute atomic E-state index is 0.304. The maximum Gasteiger partial charge on any atom is 0.340 e. The molecule has 0 N–H and O–H groups in total. The van der Waals surface area contributed by atoms with Crippen LogP contribution < -0.4 is 0 Å². The molecule has 0 aliphatic carbocycles. The second kappa shape index (κ2) is 4.45. The summed E-state index contributed by atoms with van der Waals surface area (Å²) >= 11 is 0. The zero-order chi connectivity index (χ0) is 10.7. The van der Waals surface area contributed by atoms with Gasteiger partial charge in [-0.15, -0.1) is 0 Å². The number of aryl methyl sites for hydroxylation is 1. The monoisotopic (exact) mass is 206 g/mol. The van der Waals surface area contributed by atoms with Gasteiger partial charge in [-0.25, -0.2) is 4.79 Å². The molecule has 3 heteroatoms. The van der Waals surface area contributed by atoms with E-state index in [1.54, 1.807) is 12.1 Å². The Hall–Kier alpha value is -1.35. The Balaban J connectivity index is 1.98. The largest absolute Gasteiger partial charge is 0.432 e. The summed E-state index contributed by atoms with van der Waals surface area (Å²) in [6.07, 6.45) is 1.42. The fraction of sp³-hybridized carbons (Fsp3) is 0.417. The second-order valence-corrected chi connectivity index (χ2v) is 3.71. The number of rotatable bonds is 2. The summed E-state index contributed by atoms with van der Waals surface area (Å²) in [6.45, 7) is 2.67. The molecule has 1 heterocycles. The highest BCUT2D eigenvalue weighted by Crippen LogP contribution is 2.15. The van der Waals surface area contributed by atoms with Crippen LogP contribution in [0.2, 0.25) is 0 Å². The third-order valence-electron chi connectivity index (χ3n) is 2.41. The number of esters is 1. The van der Waals surface area contributed by atoms with Crippen molar-refractivity contribution in [1.29, 1.82) is 0 Å². The van der Waals surface area contributed by atoms with Crippen molar-refractivity contribution in [3.05, 3.63) is 35.4 Å². The molecular formula is C12H14O3. The first-order valence-corrected chi connectivity index (χ1v) is 5.15. The van der Waals surface area contributed by atoms with Gasteiger partial charge in [-0.2, -0.15) is 0 Å². The van der Waals surface area contributed by atoms with Gasteiger partial charge in [0.1, 0.15) is 0 Å². The summed E-state index contributed by atoms with van der Waals surface area (Å²) in [7, 11) is 0. The molecular weight excluding hydrogens is 192 g/mol. The van der Waals surface area contributed by atoms with Crippen molar-refractivity contribution in [2.45, 2.75) is 26.1 Å². The minimum Gasteiger partial charge on any atom is -0.432 e. The lowest BCUT2D eigenvalue weighted by Gasteiger charge is -2.10. The van der Waals surface area contributed by atoms with Crippen LogP contribution in [0.3, 0.4) is 0 Å². The number of ether oxygens (including phenoxy) is 2. The summed E-state index contributed by atoms with van der Waals surface area (Å²) in [5.41, 5.74) is 1.71. The van der Waals surface area contributed by atoms with E-state index in [1.165, 1.54) is 0 Å². The van der Waals surface area contributed by atoms with Gasteiger partial charge >= 0.3 is 5.97 Å². The van der Waals surface area contributed by atoms with Gasteiger partial charge < -0.3 is 9.47 Å². The molecule has 0 spiro atoms. The van der Waals surface area contributed by atoms with E-state index in [9.17, 15) is 4.79 Å². The zero-order valence-corrected chi connectivity index (χ0v) is 8.73. The maximum absolute atomic E-state index is 11.6. The van der Waals surface area contributed by atoms with Crippen molar-refractivity contribution in [2.75, 3.05) is 6.61 Å². The van der Waals surface area contributed by atoms with Crippen molar-refractivity contribution < 1.29 is 14.3 Å². The van der Waals surface area contributed by atoms with E-state index in [0.717, 1.165) is 18.4 Å². The van der Waals surface area contributed by atoms with E-state index in [4.69, 9.17) is 9.47 Å². The Kier molecular flexibility index (Phi) is 3.02. The molecule has 1 fully saturated rings. The molecule has 0 saturated carbocycles. The molecule has 80 valence electrons. The first-order valence-electron chi connectivity index (χ1n) is 5.15. The Bertz CT molecular complexity index is 336. The van der Waals surface area contributed by atoms with Crippen molar-refractivity contribution in [3.63, 3.8) is 0 Å². The van der Waals surface area contributed by atoms with Gasteiger partial charge in [0.25, 0.3) is 0 Å². The fourth-order valence-corrected chi connectivity index (χ4v) is 1.52. The Morgan fingerprint density at radius 3 is 2.73 bits per heavy atom. The predicted molar refractivity (Wildman–Crippen MR) is 55.6 cm³/mol. The number of carbonyl (C=O) groups is 1. The molecule has 0 amide bonds. The average Bonchev–Trinajstić information content (AvgIpc) is 2.71. The molecule has 1 aliphatic heterocycles. The molecule has 1 aromatic carbocycles. The van der Waals surface area contributed by atoms with E-state index in [1.807, 2.05) is 19.1 Å². The van der Waals surface area contributed by atoms with Gasteiger partial charge in [0.2, 0.25) is 6.29 Å². The van der Waals surface area contributed by atoms with Crippen molar-refractivity contribution in [2.24, 2.45) is 0 Å². The molecule has 1 unspecified atom stereocenters. The molecule has 1 atom stereocenters. The van der Waals surface area contributed by atoms with Crippen LogP contribution in [-0.2, 0) is 9.47 Å². The predicted octanol–water partition coefficient (Wildman–Crippen LogP) is 2.29. The van der Waals surface area contributed by atoms with Crippen LogP contribution >= 0.6 is 0 Å². The number of hydrogen-bond acceptors (Lipinski definition) is 3. The SMILES string of the molecule is Cc1ccc(C(=O)OC2CCCO2)cc1. The summed E-state index contributed by atoms with van der Waals surface area (Å²) in [5, 5.41) is 0. The highest BCUT2D eigenvalue weighted by atomic mass is 16.7. The summed E-state index contributed by atoms with van der Waals surface area (Å²) in [5.74, 6) is -0.304. The molecule has 3 nitrogen and oxygen atoms in total. The van der Waals surface area contributed by atoms with Crippen LogP contribution in [0, 0.1) is 6.92 Å². The van der Waals surface area contributed by atoms with Crippen LogP contribution in [0.25, 0.3) is 0 Å². The number of hydrogen-bond donors (Lipinski definition) is 0. The molecule has 0 radical (unpaired) electrons. The lowest BCUT2D eigenvalue weighted by molar-refractivity contribution is -0.0775. The van der Waals surface area contributed by atoms with E-state index < -0.39 is 0 Å². The second-order valence-electron chi connectivity index (χ2n) is 3.71. The van der Waals surface area contributed by atoms with Crippen LogP contribution in [0.5, 0.6) is 0 Å². The van der Waals surface area contributed by atoms with Crippen molar-refractivity contribution in [3.8, 4) is 0 Å².